The topological polar surface area (TPSA) is 46.5 Å². The fourth-order valence-corrected chi connectivity index (χ4v) is 2.67. The maximum atomic E-state index is 11.9. The fraction of sp³-hybridized carbons (Fsp3) is 0. The van der Waals surface area contributed by atoms with Gasteiger partial charge in [-0.25, -0.2) is 4.99 Å². The van der Waals surface area contributed by atoms with Gasteiger partial charge in [0.1, 0.15) is 0 Å². The van der Waals surface area contributed by atoms with Gasteiger partial charge in [-0.1, -0.05) is 11.6 Å². The zero-order chi connectivity index (χ0) is 14.0. The quantitative estimate of drug-likeness (QED) is 0.664. The zero-order valence-corrected chi connectivity index (χ0v) is 13.3. The van der Waals surface area contributed by atoms with E-state index in [0.29, 0.717) is 25.3 Å². The maximum Gasteiger partial charge on any atom is 0.277 e. The van der Waals surface area contributed by atoms with Crippen molar-refractivity contribution in [3.8, 4) is 0 Å². The minimum Gasteiger partial charge on any atom is -0.287 e. The average Bonchev–Trinajstić information content (AvgIpc) is 2.36. The molecule has 2 rings (SSSR count). The lowest BCUT2D eigenvalue weighted by atomic mass is 10.1. The minimum absolute atomic E-state index is 0.183. The third-order valence-corrected chi connectivity index (χ3v) is 3.73. The molecule has 19 heavy (non-hydrogen) atoms. The van der Waals surface area contributed by atoms with E-state index in [2.05, 4.69) is 36.9 Å². The van der Waals surface area contributed by atoms with Crippen molar-refractivity contribution in [3.63, 3.8) is 0 Å². The first-order valence-corrected chi connectivity index (χ1v) is 7.11. The number of carbonyl (C=O) groups excluding carboxylic acids is 2. The zero-order valence-electron chi connectivity index (χ0n) is 9.36. The van der Waals surface area contributed by atoms with E-state index in [1.54, 1.807) is 24.3 Å². The second-order valence-corrected chi connectivity index (χ2v) is 5.81. The van der Waals surface area contributed by atoms with Crippen LogP contribution in [0.5, 0.6) is 0 Å². The van der Waals surface area contributed by atoms with Crippen LogP contribution in [0.4, 0.5) is 0 Å². The Labute approximate surface area is 131 Å². The molecule has 3 nitrogen and oxygen atoms in total. The number of Topliss-reactive ketones (excluding diaryl/α,β-unsaturated/α-hetero) is 1. The van der Waals surface area contributed by atoms with Gasteiger partial charge in [-0.15, -0.1) is 0 Å². The number of carbonyl (C=O) groups is 2. The molecule has 1 aliphatic carbocycles. The summed E-state index contributed by atoms with van der Waals surface area (Å²) >= 11 is 12.0. The van der Waals surface area contributed by atoms with E-state index >= 15 is 0 Å². The van der Waals surface area contributed by atoms with Gasteiger partial charge in [0, 0.05) is 10.6 Å². The van der Waals surface area contributed by atoms with E-state index in [1.807, 2.05) is 0 Å². The summed E-state index contributed by atoms with van der Waals surface area (Å²) in [6.45, 7) is 0. The molecule has 1 aromatic carbocycles. The van der Waals surface area contributed by atoms with Crippen molar-refractivity contribution in [1.82, 2.24) is 0 Å². The summed E-state index contributed by atoms with van der Waals surface area (Å²) in [6, 6.07) is 6.44. The van der Waals surface area contributed by atoms with Crippen molar-refractivity contribution in [2.45, 2.75) is 0 Å². The summed E-state index contributed by atoms with van der Waals surface area (Å²) in [5.74, 6) is -0.577. The average molecular weight is 403 g/mol. The molecule has 0 fully saturated rings. The number of benzene rings is 1. The molecule has 0 spiro atoms. The fourth-order valence-electron chi connectivity index (χ4n) is 1.39. The van der Waals surface area contributed by atoms with Crippen LogP contribution in [-0.4, -0.2) is 17.4 Å². The van der Waals surface area contributed by atoms with Gasteiger partial charge in [-0.3, -0.25) is 9.59 Å². The van der Waals surface area contributed by atoms with Crippen molar-refractivity contribution in [2.24, 2.45) is 4.99 Å². The summed E-state index contributed by atoms with van der Waals surface area (Å²) in [6.07, 6.45) is 3.00. The number of halogens is 3. The molecule has 96 valence electrons. The maximum absolute atomic E-state index is 11.9. The van der Waals surface area contributed by atoms with E-state index in [1.165, 1.54) is 12.2 Å². The highest BCUT2D eigenvalue weighted by Crippen LogP contribution is 2.22. The Morgan fingerprint density at radius 2 is 1.58 bits per heavy atom. The first-order chi connectivity index (χ1) is 8.97. The highest BCUT2D eigenvalue weighted by molar-refractivity contribution is 9.13. The first kappa shape index (κ1) is 14.4. The lowest BCUT2D eigenvalue weighted by Gasteiger charge is -2.05. The number of hydrogen-bond donors (Lipinski definition) is 0. The molecule has 0 atom stereocenters. The predicted octanol–water partition coefficient (Wildman–Crippen LogP) is 4.06. The van der Waals surface area contributed by atoms with E-state index in [0.717, 1.165) is 0 Å². The van der Waals surface area contributed by atoms with Crippen LogP contribution in [-0.2, 0) is 4.79 Å². The Bertz CT molecular complexity index is 621. The molecular weight excluding hydrogens is 397 g/mol. The van der Waals surface area contributed by atoms with Gasteiger partial charge in [0.2, 0.25) is 5.78 Å². The Hall–Kier alpha value is -1.04. The van der Waals surface area contributed by atoms with Gasteiger partial charge in [-0.05, 0) is 68.3 Å². The van der Waals surface area contributed by atoms with Crippen LogP contribution in [0.3, 0.4) is 0 Å². The number of allylic oxidation sites excluding steroid dienone is 4. The van der Waals surface area contributed by atoms with Gasteiger partial charge in [0.15, 0.2) is 0 Å². The molecule has 1 amide bonds. The standard InChI is InChI=1S/C13H6Br2ClNO2/c14-10-5-9(6-11(15)12(10)18)17-13(19)7-1-3-8(16)4-2-7/h1-6H. The number of rotatable bonds is 1. The Morgan fingerprint density at radius 1 is 1.05 bits per heavy atom. The van der Waals surface area contributed by atoms with E-state index in [-0.39, 0.29) is 5.78 Å². The highest BCUT2D eigenvalue weighted by atomic mass is 79.9. The third-order valence-electron chi connectivity index (χ3n) is 2.30. The molecule has 0 saturated carbocycles. The molecule has 0 aliphatic heterocycles. The van der Waals surface area contributed by atoms with Gasteiger partial charge in [0.05, 0.1) is 14.7 Å². The smallest absolute Gasteiger partial charge is 0.277 e. The van der Waals surface area contributed by atoms with Gasteiger partial charge < -0.3 is 0 Å². The van der Waals surface area contributed by atoms with E-state index in [9.17, 15) is 9.59 Å². The number of aliphatic imine (C=N–C) groups is 1. The lowest BCUT2D eigenvalue weighted by Crippen LogP contribution is -2.09. The van der Waals surface area contributed by atoms with Crippen LogP contribution in [0.1, 0.15) is 10.4 Å². The molecule has 1 aliphatic rings. The Morgan fingerprint density at radius 3 is 2.11 bits per heavy atom. The van der Waals surface area contributed by atoms with E-state index in [4.69, 9.17) is 11.6 Å². The molecule has 0 unspecified atom stereocenters. The summed E-state index contributed by atoms with van der Waals surface area (Å²) in [5.41, 5.74) is 0.834. The van der Waals surface area contributed by atoms with Crippen molar-refractivity contribution >= 4 is 60.9 Å². The van der Waals surface area contributed by atoms with Crippen molar-refractivity contribution < 1.29 is 9.59 Å². The van der Waals surface area contributed by atoms with Crippen LogP contribution in [0.2, 0.25) is 5.02 Å². The van der Waals surface area contributed by atoms with Gasteiger partial charge in [-0.2, -0.15) is 0 Å². The molecular formula is C13H6Br2ClNO2. The minimum atomic E-state index is -0.394. The number of amides is 1. The summed E-state index contributed by atoms with van der Waals surface area (Å²) in [5, 5.41) is 0.553. The molecule has 0 radical (unpaired) electrons. The second-order valence-electron chi connectivity index (χ2n) is 3.66. The van der Waals surface area contributed by atoms with Crippen molar-refractivity contribution in [3.05, 3.63) is 56.0 Å². The first-order valence-electron chi connectivity index (χ1n) is 5.15. The molecule has 0 heterocycles. The van der Waals surface area contributed by atoms with Crippen molar-refractivity contribution in [2.75, 3.05) is 0 Å². The van der Waals surface area contributed by atoms with Crippen LogP contribution in [0, 0.1) is 0 Å². The Balaban J connectivity index is 2.29. The number of nitrogens with zero attached hydrogens (tertiary/aromatic N) is 1. The third kappa shape index (κ3) is 3.49. The molecule has 0 saturated heterocycles. The van der Waals surface area contributed by atoms with Crippen LogP contribution in [0.25, 0.3) is 0 Å². The van der Waals surface area contributed by atoms with Gasteiger partial charge in [0.25, 0.3) is 5.91 Å². The van der Waals surface area contributed by atoms with Crippen LogP contribution < -0.4 is 0 Å². The normalized spacial score (nSPS) is 14.9. The SMILES string of the molecule is O=C1C(Br)=CC(=NC(=O)c2ccc(Cl)cc2)C=C1Br. The second kappa shape index (κ2) is 5.94. The summed E-state index contributed by atoms with van der Waals surface area (Å²) < 4.78 is 0.703. The van der Waals surface area contributed by atoms with Crippen molar-refractivity contribution in [1.29, 1.82) is 0 Å². The summed E-state index contributed by atoms with van der Waals surface area (Å²) in [7, 11) is 0. The Kier molecular flexibility index (Phi) is 4.50. The number of hydrogen-bond acceptors (Lipinski definition) is 2. The predicted molar refractivity (Wildman–Crippen MR) is 82.2 cm³/mol. The van der Waals surface area contributed by atoms with Crippen LogP contribution in [0.15, 0.2) is 50.4 Å². The molecule has 0 aromatic heterocycles. The molecule has 0 N–H and O–H groups in total. The molecule has 6 heteroatoms. The molecule has 0 bridgehead atoms. The van der Waals surface area contributed by atoms with E-state index < -0.39 is 5.91 Å². The lowest BCUT2D eigenvalue weighted by molar-refractivity contribution is -0.110. The van der Waals surface area contributed by atoms with Crippen LogP contribution >= 0.6 is 43.5 Å². The molecule has 1 aromatic rings. The van der Waals surface area contributed by atoms with Gasteiger partial charge >= 0.3 is 0 Å². The highest BCUT2D eigenvalue weighted by Gasteiger charge is 2.17. The monoisotopic (exact) mass is 401 g/mol. The number of ketones is 1. The summed E-state index contributed by atoms with van der Waals surface area (Å²) in [4.78, 5) is 27.3. The largest absolute Gasteiger partial charge is 0.287 e.